The third-order valence-electron chi connectivity index (χ3n) is 3.22. The molecule has 0 bridgehead atoms. The minimum atomic E-state index is -0.0909. The number of rotatable bonds is 2. The predicted molar refractivity (Wildman–Crippen MR) is 79.5 cm³/mol. The van der Waals surface area contributed by atoms with Gasteiger partial charge >= 0.3 is 0 Å². The lowest BCUT2D eigenvalue weighted by atomic mass is 10.1. The van der Waals surface area contributed by atoms with Gasteiger partial charge < -0.3 is 10.6 Å². The molecule has 0 heterocycles. The quantitative estimate of drug-likeness (QED) is 0.837. The number of hydrogen-bond acceptors (Lipinski definition) is 2. The molecule has 3 nitrogen and oxygen atoms in total. The van der Waals surface area contributed by atoms with Crippen molar-refractivity contribution < 1.29 is 4.79 Å². The molecule has 0 atom stereocenters. The van der Waals surface area contributed by atoms with E-state index in [2.05, 4.69) is 0 Å². The molecule has 98 valence electrons. The highest BCUT2D eigenvalue weighted by molar-refractivity contribution is 6.09. The number of aryl methyl sites for hydroxylation is 2. The van der Waals surface area contributed by atoms with E-state index in [-0.39, 0.29) is 5.91 Å². The van der Waals surface area contributed by atoms with E-state index < -0.39 is 0 Å². The second-order valence-electron chi connectivity index (χ2n) is 4.74. The molecule has 0 aliphatic carbocycles. The van der Waals surface area contributed by atoms with Gasteiger partial charge in [-0.25, -0.2) is 0 Å². The Morgan fingerprint density at radius 1 is 1.11 bits per heavy atom. The number of nitrogen functional groups attached to an aromatic ring is 1. The van der Waals surface area contributed by atoms with Crippen molar-refractivity contribution in [3.8, 4) is 0 Å². The normalized spacial score (nSPS) is 10.3. The molecule has 2 rings (SSSR count). The van der Waals surface area contributed by atoms with Crippen molar-refractivity contribution in [3.63, 3.8) is 0 Å². The highest BCUT2D eigenvalue weighted by atomic mass is 16.2. The van der Waals surface area contributed by atoms with Crippen molar-refractivity contribution in [2.24, 2.45) is 0 Å². The molecule has 2 aromatic rings. The van der Waals surface area contributed by atoms with Crippen LogP contribution in [-0.2, 0) is 0 Å². The Morgan fingerprint density at radius 2 is 1.79 bits per heavy atom. The van der Waals surface area contributed by atoms with Gasteiger partial charge in [0.2, 0.25) is 0 Å². The molecule has 2 N–H and O–H groups in total. The summed E-state index contributed by atoms with van der Waals surface area (Å²) < 4.78 is 0. The van der Waals surface area contributed by atoms with Gasteiger partial charge in [0, 0.05) is 18.4 Å². The van der Waals surface area contributed by atoms with Crippen LogP contribution in [0.15, 0.2) is 42.5 Å². The van der Waals surface area contributed by atoms with E-state index in [9.17, 15) is 4.79 Å². The molecule has 0 saturated carbocycles. The highest BCUT2D eigenvalue weighted by Gasteiger charge is 2.17. The first-order valence-corrected chi connectivity index (χ1v) is 6.20. The molecule has 0 aliphatic heterocycles. The monoisotopic (exact) mass is 254 g/mol. The smallest absolute Gasteiger partial charge is 0.260 e. The van der Waals surface area contributed by atoms with Gasteiger partial charge in [-0.15, -0.1) is 0 Å². The minimum absolute atomic E-state index is 0.0909. The maximum Gasteiger partial charge on any atom is 0.260 e. The Hall–Kier alpha value is -2.29. The Kier molecular flexibility index (Phi) is 3.56. The van der Waals surface area contributed by atoms with E-state index >= 15 is 0 Å². The Balaban J connectivity index is 2.39. The first-order valence-electron chi connectivity index (χ1n) is 6.20. The second kappa shape index (κ2) is 5.14. The zero-order valence-corrected chi connectivity index (χ0v) is 11.5. The summed E-state index contributed by atoms with van der Waals surface area (Å²) in [5.74, 6) is -0.0909. The third kappa shape index (κ3) is 2.60. The van der Waals surface area contributed by atoms with Gasteiger partial charge in [0.25, 0.3) is 5.91 Å². The van der Waals surface area contributed by atoms with Crippen LogP contribution in [0.5, 0.6) is 0 Å². The van der Waals surface area contributed by atoms with Gasteiger partial charge in [-0.2, -0.15) is 0 Å². The van der Waals surface area contributed by atoms with Crippen molar-refractivity contribution in [2.75, 3.05) is 17.7 Å². The number of carbonyl (C=O) groups is 1. The Labute approximate surface area is 113 Å². The molecule has 0 saturated heterocycles. The number of hydrogen-bond donors (Lipinski definition) is 1. The lowest BCUT2D eigenvalue weighted by Gasteiger charge is -2.21. The number of nitrogens with zero attached hydrogens (tertiary/aromatic N) is 1. The van der Waals surface area contributed by atoms with Gasteiger partial charge in [-0.3, -0.25) is 4.79 Å². The van der Waals surface area contributed by atoms with Crippen molar-refractivity contribution in [1.82, 2.24) is 0 Å². The van der Waals surface area contributed by atoms with Crippen molar-refractivity contribution in [3.05, 3.63) is 59.2 Å². The summed E-state index contributed by atoms with van der Waals surface area (Å²) in [5, 5.41) is 0. The van der Waals surface area contributed by atoms with Gasteiger partial charge in [0.1, 0.15) is 0 Å². The fourth-order valence-electron chi connectivity index (χ4n) is 2.06. The first kappa shape index (κ1) is 13.1. The topological polar surface area (TPSA) is 46.3 Å². The number of nitrogens with two attached hydrogens (primary N) is 1. The molecular formula is C16H18N2O. The number of anilines is 2. The van der Waals surface area contributed by atoms with E-state index in [1.54, 1.807) is 24.1 Å². The predicted octanol–water partition coefficient (Wildman–Crippen LogP) is 3.16. The van der Waals surface area contributed by atoms with Crippen LogP contribution in [0.25, 0.3) is 0 Å². The molecule has 1 amide bonds. The summed E-state index contributed by atoms with van der Waals surface area (Å²) in [6, 6.07) is 13.2. The Bertz CT molecular complexity index is 620. The summed E-state index contributed by atoms with van der Waals surface area (Å²) in [6.45, 7) is 4.00. The van der Waals surface area contributed by atoms with Crippen LogP contribution in [0.2, 0.25) is 0 Å². The third-order valence-corrected chi connectivity index (χ3v) is 3.22. The summed E-state index contributed by atoms with van der Waals surface area (Å²) >= 11 is 0. The molecule has 0 spiro atoms. The van der Waals surface area contributed by atoms with Crippen molar-refractivity contribution in [1.29, 1.82) is 0 Å². The Morgan fingerprint density at radius 3 is 2.47 bits per heavy atom. The van der Waals surface area contributed by atoms with Crippen molar-refractivity contribution in [2.45, 2.75) is 13.8 Å². The number of para-hydroxylation sites is 1. The summed E-state index contributed by atoms with van der Waals surface area (Å²) in [7, 11) is 1.77. The molecule has 19 heavy (non-hydrogen) atoms. The molecule has 0 aromatic heterocycles. The van der Waals surface area contributed by atoms with E-state index in [1.165, 1.54) is 0 Å². The van der Waals surface area contributed by atoms with Gasteiger partial charge in [0.05, 0.1) is 5.56 Å². The average molecular weight is 254 g/mol. The number of benzene rings is 2. The van der Waals surface area contributed by atoms with Crippen LogP contribution in [0.1, 0.15) is 21.5 Å². The fraction of sp³-hybridized carbons (Fsp3) is 0.188. The lowest BCUT2D eigenvalue weighted by molar-refractivity contribution is 0.0993. The van der Waals surface area contributed by atoms with E-state index in [4.69, 9.17) is 5.73 Å². The maximum atomic E-state index is 12.5. The summed E-state index contributed by atoms with van der Waals surface area (Å²) in [6.07, 6.45) is 0. The van der Waals surface area contributed by atoms with Crippen LogP contribution in [-0.4, -0.2) is 13.0 Å². The molecule has 3 heteroatoms. The lowest BCUT2D eigenvalue weighted by Crippen LogP contribution is -2.27. The van der Waals surface area contributed by atoms with Crippen molar-refractivity contribution >= 4 is 17.3 Å². The SMILES string of the molecule is Cc1ccc(C)c(N(C)C(=O)c2ccccc2N)c1. The van der Waals surface area contributed by atoms with Crippen LogP contribution < -0.4 is 10.6 Å². The minimum Gasteiger partial charge on any atom is -0.398 e. The fourth-order valence-corrected chi connectivity index (χ4v) is 2.06. The van der Waals surface area contributed by atoms with Gasteiger partial charge in [-0.05, 0) is 43.2 Å². The molecule has 0 aliphatic rings. The standard InChI is InChI=1S/C16H18N2O/c1-11-8-9-12(2)15(10-11)18(3)16(19)13-6-4-5-7-14(13)17/h4-10H,17H2,1-3H3. The molecule has 0 fully saturated rings. The number of amides is 1. The molecule has 2 aromatic carbocycles. The van der Waals surface area contributed by atoms with Gasteiger partial charge in [-0.1, -0.05) is 24.3 Å². The van der Waals surface area contributed by atoms with Crippen LogP contribution in [0, 0.1) is 13.8 Å². The maximum absolute atomic E-state index is 12.5. The zero-order valence-electron chi connectivity index (χ0n) is 11.5. The van der Waals surface area contributed by atoms with E-state index in [1.807, 2.05) is 44.2 Å². The van der Waals surface area contributed by atoms with Crippen LogP contribution in [0.4, 0.5) is 11.4 Å². The first-order chi connectivity index (χ1) is 9.00. The zero-order chi connectivity index (χ0) is 14.0. The van der Waals surface area contributed by atoms with Gasteiger partial charge in [0.15, 0.2) is 0 Å². The average Bonchev–Trinajstić information content (AvgIpc) is 2.40. The highest BCUT2D eigenvalue weighted by Crippen LogP contribution is 2.23. The molecule has 0 unspecified atom stereocenters. The van der Waals surface area contributed by atoms with E-state index in [0.29, 0.717) is 11.3 Å². The molecule has 0 radical (unpaired) electrons. The second-order valence-corrected chi connectivity index (χ2v) is 4.74. The molecular weight excluding hydrogens is 236 g/mol. The summed E-state index contributed by atoms with van der Waals surface area (Å²) in [5.41, 5.74) is 10.00. The summed E-state index contributed by atoms with van der Waals surface area (Å²) in [4.78, 5) is 14.1. The van der Waals surface area contributed by atoms with E-state index in [0.717, 1.165) is 16.8 Å². The largest absolute Gasteiger partial charge is 0.398 e. The van der Waals surface area contributed by atoms with Crippen LogP contribution >= 0.6 is 0 Å². The number of carbonyl (C=O) groups excluding carboxylic acids is 1. The van der Waals surface area contributed by atoms with Crippen LogP contribution in [0.3, 0.4) is 0 Å².